The monoisotopic (exact) mass is 1930 g/mol. The van der Waals surface area contributed by atoms with Crippen molar-refractivity contribution in [3.63, 3.8) is 0 Å². The summed E-state index contributed by atoms with van der Waals surface area (Å²) in [5, 5.41) is 12.4. The Morgan fingerprint density at radius 3 is 0.815 bits per heavy atom. The van der Waals surface area contributed by atoms with Gasteiger partial charge in [0.25, 0.3) is 41.4 Å². The fraction of sp³-hybridized carbons (Fsp3) is 0.829. The van der Waals surface area contributed by atoms with Crippen molar-refractivity contribution in [3.05, 3.63) is 0 Å². The number of fused-ring (bicyclic) bond motifs is 14. The van der Waals surface area contributed by atoms with E-state index in [1.54, 1.807) is 31.5 Å². The second kappa shape index (κ2) is 54.0. The molecule has 0 spiro atoms. The number of carbonyl (C=O) groups excluding carboxylic acids is 14. The van der Waals surface area contributed by atoms with Crippen LogP contribution in [0.4, 0.5) is 33.6 Å². The molecule has 0 aromatic carbocycles. The van der Waals surface area contributed by atoms with E-state index in [1.165, 1.54) is 121 Å². The lowest BCUT2D eigenvalue weighted by atomic mass is 9.86. The third kappa shape index (κ3) is 27.9. The van der Waals surface area contributed by atoms with E-state index in [9.17, 15) is 67.1 Å². The van der Waals surface area contributed by atoms with Crippen LogP contribution in [0.3, 0.4) is 0 Å². The smallest absolute Gasteiger partial charge is 0.317 e. The summed E-state index contributed by atoms with van der Waals surface area (Å²) in [7, 11) is 21.3. The second-order valence-electron chi connectivity index (χ2n) is 35.0. The number of amides is 21. The molecule has 1 saturated carbocycles. The average molecular weight is 1930 g/mol. The third-order valence-electron chi connectivity index (χ3n) is 26.1. The molecule has 53 nitrogen and oxygen atoms in total. The summed E-state index contributed by atoms with van der Waals surface area (Å²) in [5.74, 6) is -1.17. The SMILES string of the molecule is CCCN(C)CCONC(=O)[C@@H]1CC[C@@H]2CN1C(=O)N2OC.CCN(C)CCONC(=O)[C@@H]1CC[C@@H]2CN1C(=O)N2OC.CCNNC(=O)[C@@H]1CC[C@@H]2CN1C(=O)N2OC.CNCCONC(=O)[C@@H]1CC[C@@H]2CN1C(=O)N2OC.CON1C(=O)N2C[C@H]1CC[C@H]2C(=O)NOCC1CCC1.CON1C(=O)N2C[C@H]1CC[C@H]2C(=O)NOCCN(C)C.CONC(=O)[C@@H]1CC[C@@H]2CN1C(=O)N2OC. The Hall–Kier alpha value is -9.54. The Balaban J connectivity index is 0.000000177. The Bertz CT molecular complexity index is 3900. The van der Waals surface area contributed by atoms with Gasteiger partial charge in [-0.3, -0.25) is 102 Å². The maximum atomic E-state index is 12.2. The van der Waals surface area contributed by atoms with Crippen LogP contribution < -0.4 is 49.0 Å². The number of likely N-dealkylation sites (N-methyl/N-ethyl adjacent to an activating group) is 4. The van der Waals surface area contributed by atoms with Crippen molar-refractivity contribution >= 4 is 83.6 Å². The van der Waals surface area contributed by atoms with Gasteiger partial charge in [0.15, 0.2) is 0 Å². The molecule has 15 fully saturated rings. The van der Waals surface area contributed by atoms with Crippen LogP contribution in [0.25, 0.3) is 0 Å². The fourth-order valence-electron chi connectivity index (χ4n) is 18.5. The van der Waals surface area contributed by atoms with Crippen molar-refractivity contribution in [2.75, 3.05) is 217 Å². The van der Waals surface area contributed by atoms with Crippen molar-refractivity contribution in [3.8, 4) is 0 Å². The molecule has 0 radical (unpaired) electrons. The molecule has 766 valence electrons. The zero-order chi connectivity index (χ0) is 98.3. The Kier molecular flexibility index (Phi) is 43.6. The molecular formula is C82H146N26O27. The van der Waals surface area contributed by atoms with E-state index in [2.05, 4.69) is 77.5 Å². The predicted octanol–water partition coefficient (Wildman–Crippen LogP) is -1.85. The number of hydrogen-bond donors (Lipinski definition) is 9. The molecular weight excluding hydrogens is 1780 g/mol. The van der Waals surface area contributed by atoms with Crippen molar-refractivity contribution in [1.82, 2.24) is 133 Å². The van der Waals surface area contributed by atoms with E-state index in [-0.39, 0.29) is 126 Å². The molecule has 9 N–H and O–H groups in total. The van der Waals surface area contributed by atoms with E-state index in [0.717, 1.165) is 77.5 Å². The van der Waals surface area contributed by atoms with Gasteiger partial charge in [-0.05, 0) is 163 Å². The van der Waals surface area contributed by atoms with E-state index in [1.807, 2.05) is 40.0 Å². The molecule has 1 aliphatic carbocycles. The zero-order valence-electron chi connectivity index (χ0n) is 80.9. The molecule has 14 atom stereocenters. The number of rotatable bonds is 39. The van der Waals surface area contributed by atoms with Gasteiger partial charge in [0.1, 0.15) is 42.3 Å². The van der Waals surface area contributed by atoms with Crippen molar-refractivity contribution in [2.45, 2.75) is 221 Å². The van der Waals surface area contributed by atoms with Crippen LogP contribution >= 0.6 is 0 Å². The highest BCUT2D eigenvalue weighted by atomic mass is 16.7. The van der Waals surface area contributed by atoms with Crippen LogP contribution in [0.5, 0.6) is 0 Å². The first-order valence-electron chi connectivity index (χ1n) is 46.5. The summed E-state index contributed by atoms with van der Waals surface area (Å²) in [4.78, 5) is 251. The topological polar surface area (TPSA) is 522 Å². The summed E-state index contributed by atoms with van der Waals surface area (Å²) in [6, 6.07) is -4.47. The van der Waals surface area contributed by atoms with Gasteiger partial charge in [0, 0.05) is 78.5 Å². The molecule has 0 unspecified atom stereocenters. The van der Waals surface area contributed by atoms with Crippen LogP contribution in [-0.2, 0) is 96.5 Å². The van der Waals surface area contributed by atoms with Gasteiger partial charge in [-0.15, -0.1) is 0 Å². The van der Waals surface area contributed by atoms with Gasteiger partial charge in [-0.25, -0.2) is 71.9 Å². The predicted molar refractivity (Wildman–Crippen MR) is 473 cm³/mol. The van der Waals surface area contributed by atoms with Gasteiger partial charge in [0.05, 0.1) is 132 Å². The Morgan fingerprint density at radius 2 is 0.578 bits per heavy atom. The van der Waals surface area contributed by atoms with E-state index < -0.39 is 42.3 Å². The van der Waals surface area contributed by atoms with Gasteiger partial charge in [0.2, 0.25) is 0 Å². The van der Waals surface area contributed by atoms with Crippen LogP contribution in [-0.4, -0.2) is 469 Å². The van der Waals surface area contributed by atoms with Crippen LogP contribution in [0.15, 0.2) is 0 Å². The number of carbonyl (C=O) groups is 14. The van der Waals surface area contributed by atoms with Crippen LogP contribution in [0.1, 0.15) is 136 Å². The summed E-state index contributed by atoms with van der Waals surface area (Å²) in [6.45, 7) is 17.5. The average Bonchev–Trinajstić information content (AvgIpc) is 1.68. The summed E-state index contributed by atoms with van der Waals surface area (Å²) < 4.78 is 0. The van der Waals surface area contributed by atoms with Crippen molar-refractivity contribution in [1.29, 1.82) is 0 Å². The highest BCUT2D eigenvalue weighted by Gasteiger charge is 2.55. The highest BCUT2D eigenvalue weighted by molar-refractivity contribution is 5.92. The summed E-state index contributed by atoms with van der Waals surface area (Å²) in [6.07, 6.45) is 14.5. The maximum absolute atomic E-state index is 12.2. The quantitative estimate of drug-likeness (QED) is 0.0241. The minimum absolute atomic E-state index is 0.0464. The number of hydroxylamine groups is 20. The lowest BCUT2D eigenvalue weighted by Gasteiger charge is -2.29. The minimum Gasteiger partial charge on any atom is -0.317 e. The first kappa shape index (κ1) is 109. The number of nitrogens with one attached hydrogen (secondary N) is 9. The molecule has 15 rings (SSSR count). The van der Waals surface area contributed by atoms with Crippen LogP contribution in [0, 0.1) is 5.92 Å². The maximum Gasteiger partial charge on any atom is 0.345 e. The summed E-state index contributed by atoms with van der Waals surface area (Å²) in [5.41, 5.74) is 19.8. The molecule has 53 heteroatoms. The standard InChI is InChI=1S/C14H26N4O4.C13H24N4O4.C13H21N3O4.C12H22N4O4.C11H20N4O4.C10H18N4O3.C9H15N3O4/c1-4-7-16(2)8-9-22-15-13(19)12-6-5-11-10-17(12)14(20)18(11)21-3;1-4-15(2)7-8-21-14-12(18)11-6-5-10-9-16(11)13(19)17(10)20-3;1-19-16-10-5-6-11(15(7-10)13(16)18)12(17)14-20-8-9-3-2-4-9;1-14(2)6-7-20-13-11(17)10-5-4-9-8-15(10)12(18)16(9)19-3;1-12-5-6-19-13-10(16)9-4-3-8-7-14(9)11(17)15(8)18-2;1-3-11-12-9(15)8-5-4-7-6-13(8)10(16)14(7)17-2;1-15-10-8(13)7-4-3-6-5-11(7)9(14)12(6)16-2/h11-12H,4-10H2,1-3H3,(H,15,19);10-11H,4-9H2,1-3H3,(H,14,18);9-11H,2-8H2,1H3,(H,14,17);9-10H,4-8H2,1-3H3,(H,13,17);8-9,12H,3-7H2,1-2H3,(H,13,16);7-8,11H,3-6H2,1-2H3,(H,12,15);6-7H,3-5H2,1-2H3,(H,10,13)/t11-,12+;2*10-,11+;9-,10+;8-,9+;7-,8+;6-,7+/m1111111/s1. The molecule has 14 saturated heterocycles. The Morgan fingerprint density at radius 1 is 0.319 bits per heavy atom. The number of urea groups is 7. The molecule has 14 bridgehead atoms. The zero-order valence-corrected chi connectivity index (χ0v) is 80.9. The van der Waals surface area contributed by atoms with Crippen molar-refractivity contribution in [2.24, 2.45) is 5.92 Å². The molecule has 135 heavy (non-hydrogen) atoms. The van der Waals surface area contributed by atoms with E-state index in [4.69, 9.17) is 58.1 Å². The molecule has 0 aromatic rings. The summed E-state index contributed by atoms with van der Waals surface area (Å²) >= 11 is 0. The van der Waals surface area contributed by atoms with Gasteiger partial charge < -0.3 is 54.3 Å². The second-order valence-corrected chi connectivity index (χ2v) is 35.0. The third-order valence-corrected chi connectivity index (χ3v) is 26.1. The number of hydrazine groups is 1. The first-order valence-corrected chi connectivity index (χ1v) is 46.5. The normalized spacial score (nSPS) is 26.5. The van der Waals surface area contributed by atoms with E-state index >= 15 is 0 Å². The number of hydrogen-bond acceptors (Lipinski definition) is 32. The van der Waals surface area contributed by atoms with E-state index in [0.29, 0.717) is 149 Å². The molecule has 0 aromatic heterocycles. The highest BCUT2D eigenvalue weighted by Crippen LogP contribution is 2.37. The lowest BCUT2D eigenvalue weighted by Crippen LogP contribution is -2.53. The van der Waals surface area contributed by atoms with Gasteiger partial charge in [-0.2, -0.15) is 35.4 Å². The fourth-order valence-corrected chi connectivity index (χ4v) is 18.5. The van der Waals surface area contributed by atoms with Gasteiger partial charge in [-0.1, -0.05) is 27.2 Å². The molecule has 15 aliphatic rings. The van der Waals surface area contributed by atoms with Crippen LogP contribution in [0.2, 0.25) is 0 Å². The molecule has 14 aliphatic heterocycles. The molecule has 21 amide bonds. The first-order chi connectivity index (χ1) is 65.0. The lowest BCUT2D eigenvalue weighted by molar-refractivity contribution is -0.141. The van der Waals surface area contributed by atoms with Crippen molar-refractivity contribution < 1.29 is 130 Å². The number of piperidine rings is 7. The molecule has 14 heterocycles. The number of nitrogens with zero attached hydrogens (tertiary/aromatic N) is 17. The van der Waals surface area contributed by atoms with Gasteiger partial charge >= 0.3 is 42.2 Å². The Labute approximate surface area is 787 Å². The minimum atomic E-state index is -0.475. The largest absolute Gasteiger partial charge is 0.345 e.